The van der Waals surface area contributed by atoms with Crippen molar-refractivity contribution in [1.82, 2.24) is 10.2 Å². The number of aromatic amines is 1. The molecule has 0 aliphatic rings. The van der Waals surface area contributed by atoms with Crippen molar-refractivity contribution in [2.45, 2.75) is 6.54 Å². The van der Waals surface area contributed by atoms with Gasteiger partial charge in [-0.15, -0.1) is 0 Å². The molecule has 0 unspecified atom stereocenters. The average molecular weight is 265 g/mol. The molecule has 5 nitrogen and oxygen atoms in total. The van der Waals surface area contributed by atoms with Gasteiger partial charge in [0.25, 0.3) is 0 Å². The minimum atomic E-state index is 0.418. The topological polar surface area (TPSA) is 93.1 Å². The van der Waals surface area contributed by atoms with Crippen LogP contribution in [0.15, 0.2) is 4.99 Å². The Hall–Kier alpha value is -0.630. The van der Waals surface area contributed by atoms with Crippen LogP contribution in [0.1, 0.15) is 5.56 Å². The standard InChI is InChI=1S/C5H8IN5/c6-4-3(1-7)5(9-2-8)11-10-4/h2H,1,7H2,(H3,8,9,10,11). The highest BCUT2D eigenvalue weighted by atomic mass is 127. The SMILES string of the molecule is NC=Nc1n[nH]c(I)c1CN. The number of hydrogen-bond donors (Lipinski definition) is 3. The minimum Gasteiger partial charge on any atom is -0.390 e. The zero-order valence-corrected chi connectivity index (χ0v) is 7.87. The van der Waals surface area contributed by atoms with Crippen molar-refractivity contribution in [3.63, 3.8) is 0 Å². The lowest BCUT2D eigenvalue weighted by Crippen LogP contribution is -1.97. The summed E-state index contributed by atoms with van der Waals surface area (Å²) in [5, 5.41) is 6.65. The van der Waals surface area contributed by atoms with Crippen LogP contribution in [0.2, 0.25) is 0 Å². The monoisotopic (exact) mass is 265 g/mol. The summed E-state index contributed by atoms with van der Waals surface area (Å²) in [6.07, 6.45) is 1.20. The molecule has 1 heterocycles. The molecule has 1 rings (SSSR count). The van der Waals surface area contributed by atoms with E-state index in [0.29, 0.717) is 12.4 Å². The molecule has 0 atom stereocenters. The predicted octanol–water partition coefficient (Wildman–Crippen LogP) is 0.0915. The third kappa shape index (κ3) is 1.69. The first-order valence-electron chi connectivity index (χ1n) is 2.96. The molecule has 11 heavy (non-hydrogen) atoms. The second-order valence-corrected chi connectivity index (χ2v) is 2.90. The summed E-state index contributed by atoms with van der Waals surface area (Å²) >= 11 is 2.11. The Kier molecular flexibility index (Phi) is 2.83. The van der Waals surface area contributed by atoms with Crippen molar-refractivity contribution < 1.29 is 0 Å². The molecule has 60 valence electrons. The molecule has 0 fully saturated rings. The third-order valence-corrected chi connectivity index (χ3v) is 2.09. The van der Waals surface area contributed by atoms with Gasteiger partial charge in [0, 0.05) is 12.1 Å². The van der Waals surface area contributed by atoms with Crippen LogP contribution < -0.4 is 11.5 Å². The summed E-state index contributed by atoms with van der Waals surface area (Å²) in [4.78, 5) is 3.82. The van der Waals surface area contributed by atoms with Crippen molar-refractivity contribution in [2.24, 2.45) is 16.5 Å². The minimum absolute atomic E-state index is 0.418. The lowest BCUT2D eigenvalue weighted by atomic mass is 10.3. The van der Waals surface area contributed by atoms with E-state index in [9.17, 15) is 0 Å². The zero-order chi connectivity index (χ0) is 8.27. The zero-order valence-electron chi connectivity index (χ0n) is 5.71. The van der Waals surface area contributed by atoms with E-state index in [-0.39, 0.29) is 0 Å². The maximum atomic E-state index is 5.45. The predicted molar refractivity (Wildman–Crippen MR) is 51.5 cm³/mol. The molecule has 5 N–H and O–H groups in total. The Morgan fingerprint density at radius 3 is 3.00 bits per heavy atom. The smallest absolute Gasteiger partial charge is 0.180 e. The van der Waals surface area contributed by atoms with Crippen molar-refractivity contribution >= 4 is 34.7 Å². The van der Waals surface area contributed by atoms with Crippen LogP contribution in [0.4, 0.5) is 5.82 Å². The fraction of sp³-hybridized carbons (Fsp3) is 0.200. The molecule has 6 heteroatoms. The Balaban J connectivity index is 3.05. The molecule has 0 aliphatic heterocycles. The van der Waals surface area contributed by atoms with E-state index in [2.05, 4.69) is 37.8 Å². The molecule has 0 aliphatic carbocycles. The molecule has 0 saturated carbocycles. The van der Waals surface area contributed by atoms with Gasteiger partial charge in [-0.25, -0.2) is 4.99 Å². The normalized spacial score (nSPS) is 11.1. The van der Waals surface area contributed by atoms with Crippen molar-refractivity contribution in [2.75, 3.05) is 0 Å². The molecule has 0 amide bonds. The Bertz CT molecular complexity index is 266. The van der Waals surface area contributed by atoms with Gasteiger partial charge in [-0.1, -0.05) is 0 Å². The molecule has 1 aromatic rings. The maximum absolute atomic E-state index is 5.45. The van der Waals surface area contributed by atoms with Crippen LogP contribution in [0.3, 0.4) is 0 Å². The number of aromatic nitrogens is 2. The second kappa shape index (κ2) is 3.67. The van der Waals surface area contributed by atoms with Gasteiger partial charge in [0.15, 0.2) is 5.82 Å². The number of aliphatic imine (C=N–C) groups is 1. The number of rotatable bonds is 2. The summed E-state index contributed by atoms with van der Waals surface area (Å²) in [6, 6.07) is 0. The van der Waals surface area contributed by atoms with E-state index < -0.39 is 0 Å². The van der Waals surface area contributed by atoms with E-state index in [0.717, 1.165) is 9.26 Å². The molecular formula is C5H8IN5. The van der Waals surface area contributed by atoms with E-state index in [1.807, 2.05) is 0 Å². The molecular weight excluding hydrogens is 257 g/mol. The average Bonchev–Trinajstić information content (AvgIpc) is 2.33. The largest absolute Gasteiger partial charge is 0.390 e. The van der Waals surface area contributed by atoms with Gasteiger partial charge >= 0.3 is 0 Å². The van der Waals surface area contributed by atoms with Gasteiger partial charge in [0.05, 0.1) is 6.34 Å². The quantitative estimate of drug-likeness (QED) is 0.402. The molecule has 0 spiro atoms. The van der Waals surface area contributed by atoms with E-state index in [4.69, 9.17) is 11.5 Å². The number of hydrogen-bond acceptors (Lipinski definition) is 3. The maximum Gasteiger partial charge on any atom is 0.180 e. The first-order chi connectivity index (χ1) is 5.29. The molecule has 0 saturated heterocycles. The lowest BCUT2D eigenvalue weighted by Gasteiger charge is -1.91. The van der Waals surface area contributed by atoms with E-state index in [1.54, 1.807) is 0 Å². The van der Waals surface area contributed by atoms with E-state index >= 15 is 0 Å². The van der Waals surface area contributed by atoms with Gasteiger partial charge in [0.1, 0.15) is 3.70 Å². The highest BCUT2D eigenvalue weighted by Gasteiger charge is 2.06. The Labute approximate surface area is 77.4 Å². The molecule has 0 bridgehead atoms. The summed E-state index contributed by atoms with van der Waals surface area (Å²) in [7, 11) is 0. The van der Waals surface area contributed by atoms with Crippen LogP contribution >= 0.6 is 22.6 Å². The summed E-state index contributed by atoms with van der Waals surface area (Å²) < 4.78 is 0.908. The van der Waals surface area contributed by atoms with Crippen molar-refractivity contribution in [3.05, 3.63) is 9.26 Å². The highest BCUT2D eigenvalue weighted by Crippen LogP contribution is 2.19. The second-order valence-electron chi connectivity index (χ2n) is 1.82. The van der Waals surface area contributed by atoms with Gasteiger partial charge in [-0.2, -0.15) is 5.10 Å². The molecule has 1 aromatic heterocycles. The number of nitrogens with zero attached hydrogens (tertiary/aromatic N) is 2. The number of halogens is 1. The van der Waals surface area contributed by atoms with Crippen LogP contribution in [0.5, 0.6) is 0 Å². The fourth-order valence-electron chi connectivity index (χ4n) is 0.693. The number of H-pyrrole nitrogens is 1. The van der Waals surface area contributed by atoms with Crippen LogP contribution in [-0.2, 0) is 6.54 Å². The Morgan fingerprint density at radius 1 is 1.73 bits per heavy atom. The van der Waals surface area contributed by atoms with E-state index in [1.165, 1.54) is 6.34 Å². The fourth-order valence-corrected chi connectivity index (χ4v) is 1.28. The molecule has 0 aromatic carbocycles. The van der Waals surface area contributed by atoms with Gasteiger partial charge in [-0.3, -0.25) is 5.10 Å². The van der Waals surface area contributed by atoms with Gasteiger partial charge in [0.2, 0.25) is 0 Å². The number of nitrogens with two attached hydrogens (primary N) is 2. The summed E-state index contributed by atoms with van der Waals surface area (Å²) in [5.74, 6) is 0.569. The highest BCUT2D eigenvalue weighted by molar-refractivity contribution is 14.1. The first kappa shape index (κ1) is 8.47. The Morgan fingerprint density at radius 2 is 2.45 bits per heavy atom. The molecule has 0 radical (unpaired) electrons. The van der Waals surface area contributed by atoms with Crippen LogP contribution in [0.25, 0.3) is 0 Å². The number of nitrogens with one attached hydrogen (secondary N) is 1. The van der Waals surface area contributed by atoms with Crippen molar-refractivity contribution in [1.29, 1.82) is 0 Å². The lowest BCUT2D eigenvalue weighted by molar-refractivity contribution is 1.05. The van der Waals surface area contributed by atoms with Crippen LogP contribution in [0, 0.1) is 3.70 Å². The van der Waals surface area contributed by atoms with Crippen LogP contribution in [-0.4, -0.2) is 16.5 Å². The third-order valence-electron chi connectivity index (χ3n) is 1.20. The summed E-state index contributed by atoms with van der Waals surface area (Å²) in [5.41, 5.74) is 11.4. The van der Waals surface area contributed by atoms with Gasteiger partial charge in [-0.05, 0) is 22.6 Å². The summed E-state index contributed by atoms with van der Waals surface area (Å²) in [6.45, 7) is 0.418. The first-order valence-corrected chi connectivity index (χ1v) is 4.04. The van der Waals surface area contributed by atoms with Crippen molar-refractivity contribution in [3.8, 4) is 0 Å². The van der Waals surface area contributed by atoms with Gasteiger partial charge < -0.3 is 11.5 Å².